The molecule has 0 spiro atoms. The van der Waals surface area contributed by atoms with Crippen molar-refractivity contribution in [3.05, 3.63) is 29.8 Å². The minimum atomic E-state index is 0.728. The largest absolute Gasteiger partial charge is 0.371 e. The predicted molar refractivity (Wildman–Crippen MR) is 78.9 cm³/mol. The predicted octanol–water partition coefficient (Wildman–Crippen LogP) is 4.60. The zero-order valence-electron chi connectivity index (χ0n) is 10.8. The lowest BCUT2D eigenvalue weighted by atomic mass is 9.86. The molecule has 2 heteroatoms. The first-order chi connectivity index (χ1) is 8.22. The fourth-order valence-electron chi connectivity index (χ4n) is 2.79. The first kappa shape index (κ1) is 12.9. The fourth-order valence-corrected chi connectivity index (χ4v) is 3.27. The van der Waals surface area contributed by atoms with Gasteiger partial charge in [-0.1, -0.05) is 41.1 Å². The number of alkyl halides is 1. The molecular weight excluding hydrogens is 274 g/mol. The molecule has 0 unspecified atom stereocenters. The number of benzene rings is 1. The maximum absolute atomic E-state index is 3.58. The van der Waals surface area contributed by atoms with Crippen LogP contribution in [0.2, 0.25) is 0 Å². The number of para-hydroxylation sites is 1. The Kier molecular flexibility index (Phi) is 4.49. The van der Waals surface area contributed by atoms with Crippen LogP contribution in [0, 0.1) is 5.92 Å². The van der Waals surface area contributed by atoms with Gasteiger partial charge in [0.25, 0.3) is 0 Å². The van der Waals surface area contributed by atoms with Crippen LogP contribution < -0.4 is 4.90 Å². The van der Waals surface area contributed by atoms with Gasteiger partial charge in [0.2, 0.25) is 0 Å². The van der Waals surface area contributed by atoms with Crippen LogP contribution in [0.1, 0.15) is 38.2 Å². The minimum Gasteiger partial charge on any atom is -0.371 e. The van der Waals surface area contributed by atoms with Gasteiger partial charge in [0.1, 0.15) is 0 Å². The number of nitrogens with zero attached hydrogens (tertiary/aromatic N) is 1. The summed E-state index contributed by atoms with van der Waals surface area (Å²) in [6, 6.07) is 9.45. The van der Waals surface area contributed by atoms with Gasteiger partial charge in [-0.2, -0.15) is 0 Å². The third-order valence-electron chi connectivity index (χ3n) is 4.05. The summed E-state index contributed by atoms with van der Waals surface area (Å²) >= 11 is 3.58. The zero-order chi connectivity index (χ0) is 12.3. The molecule has 1 aliphatic rings. The number of anilines is 1. The van der Waals surface area contributed by atoms with Crippen LogP contribution in [-0.2, 0) is 5.33 Å². The smallest absolute Gasteiger partial charge is 0.0407 e. The van der Waals surface area contributed by atoms with Crippen LogP contribution >= 0.6 is 15.9 Å². The number of halogens is 1. The van der Waals surface area contributed by atoms with Gasteiger partial charge in [0, 0.05) is 24.1 Å². The molecule has 0 N–H and O–H groups in total. The Bertz CT molecular complexity index is 356. The summed E-state index contributed by atoms with van der Waals surface area (Å²) in [5, 5.41) is 0.941. The van der Waals surface area contributed by atoms with E-state index in [4.69, 9.17) is 0 Å². The molecule has 94 valence electrons. The molecule has 0 heterocycles. The molecule has 0 radical (unpaired) electrons. The van der Waals surface area contributed by atoms with Crippen molar-refractivity contribution >= 4 is 21.6 Å². The lowest BCUT2D eigenvalue weighted by Gasteiger charge is -2.36. The minimum absolute atomic E-state index is 0.728. The van der Waals surface area contributed by atoms with Gasteiger partial charge in [0.15, 0.2) is 0 Å². The summed E-state index contributed by atoms with van der Waals surface area (Å²) in [7, 11) is 2.25. The third-order valence-corrected chi connectivity index (χ3v) is 4.65. The molecule has 1 aliphatic carbocycles. The standard InChI is InChI=1S/C15H22BrN/c1-12-7-9-14(10-8-12)17(2)15-6-4-3-5-13(15)11-16/h3-6,12,14H,7-11H2,1-2H3. The zero-order valence-corrected chi connectivity index (χ0v) is 12.4. The second-order valence-corrected chi connectivity index (χ2v) is 5.85. The molecule has 1 aromatic rings. The molecule has 2 rings (SSSR count). The van der Waals surface area contributed by atoms with Crippen LogP contribution in [0.5, 0.6) is 0 Å². The summed E-state index contributed by atoms with van der Waals surface area (Å²) in [5.41, 5.74) is 2.79. The summed E-state index contributed by atoms with van der Waals surface area (Å²) in [4.78, 5) is 2.49. The van der Waals surface area contributed by atoms with Crippen molar-refractivity contribution in [1.29, 1.82) is 0 Å². The molecule has 0 aromatic heterocycles. The quantitative estimate of drug-likeness (QED) is 0.737. The van der Waals surface area contributed by atoms with Gasteiger partial charge in [-0.15, -0.1) is 0 Å². The Morgan fingerprint density at radius 3 is 2.47 bits per heavy atom. The van der Waals surface area contributed by atoms with Gasteiger partial charge in [-0.05, 0) is 43.2 Å². The van der Waals surface area contributed by atoms with Crippen molar-refractivity contribution in [1.82, 2.24) is 0 Å². The lowest BCUT2D eigenvalue weighted by Crippen LogP contribution is -2.35. The highest BCUT2D eigenvalue weighted by molar-refractivity contribution is 9.08. The molecule has 1 aromatic carbocycles. The Morgan fingerprint density at radius 2 is 1.82 bits per heavy atom. The molecule has 0 saturated heterocycles. The number of hydrogen-bond acceptors (Lipinski definition) is 1. The topological polar surface area (TPSA) is 3.24 Å². The SMILES string of the molecule is CC1CCC(N(C)c2ccccc2CBr)CC1. The Hall–Kier alpha value is -0.500. The molecule has 1 saturated carbocycles. The Balaban J connectivity index is 2.10. The third kappa shape index (κ3) is 3.04. The summed E-state index contributed by atoms with van der Waals surface area (Å²) in [6.45, 7) is 2.38. The normalized spacial score (nSPS) is 24.6. The molecule has 1 fully saturated rings. The van der Waals surface area contributed by atoms with Crippen molar-refractivity contribution in [2.75, 3.05) is 11.9 Å². The lowest BCUT2D eigenvalue weighted by molar-refractivity contribution is 0.340. The first-order valence-electron chi connectivity index (χ1n) is 6.59. The van der Waals surface area contributed by atoms with E-state index in [0.717, 1.165) is 17.3 Å². The molecule has 0 amide bonds. The molecular formula is C15H22BrN. The first-order valence-corrected chi connectivity index (χ1v) is 7.71. The molecule has 0 aliphatic heterocycles. The van der Waals surface area contributed by atoms with Crippen molar-refractivity contribution in [3.63, 3.8) is 0 Å². The van der Waals surface area contributed by atoms with E-state index in [1.54, 1.807) is 0 Å². The highest BCUT2D eigenvalue weighted by atomic mass is 79.9. The fraction of sp³-hybridized carbons (Fsp3) is 0.600. The molecule has 17 heavy (non-hydrogen) atoms. The van der Waals surface area contributed by atoms with E-state index in [1.165, 1.54) is 36.9 Å². The second-order valence-electron chi connectivity index (χ2n) is 5.29. The Labute approximate surface area is 113 Å². The highest BCUT2D eigenvalue weighted by Crippen LogP contribution is 2.31. The average molecular weight is 296 g/mol. The van der Waals surface area contributed by atoms with Gasteiger partial charge < -0.3 is 4.90 Å². The van der Waals surface area contributed by atoms with Crippen LogP contribution in [0.25, 0.3) is 0 Å². The van der Waals surface area contributed by atoms with E-state index in [-0.39, 0.29) is 0 Å². The molecule has 0 atom stereocenters. The van der Waals surface area contributed by atoms with Gasteiger partial charge in [0.05, 0.1) is 0 Å². The van der Waals surface area contributed by atoms with E-state index in [9.17, 15) is 0 Å². The maximum Gasteiger partial charge on any atom is 0.0407 e. The van der Waals surface area contributed by atoms with Gasteiger partial charge in [-0.3, -0.25) is 0 Å². The summed E-state index contributed by atoms with van der Waals surface area (Å²) < 4.78 is 0. The Morgan fingerprint density at radius 1 is 1.18 bits per heavy atom. The van der Waals surface area contributed by atoms with Crippen LogP contribution in [0.4, 0.5) is 5.69 Å². The summed E-state index contributed by atoms with van der Waals surface area (Å²) in [6.07, 6.45) is 5.44. The number of hydrogen-bond donors (Lipinski definition) is 0. The van der Waals surface area contributed by atoms with Crippen LogP contribution in [-0.4, -0.2) is 13.1 Å². The van der Waals surface area contributed by atoms with Crippen LogP contribution in [0.3, 0.4) is 0 Å². The van der Waals surface area contributed by atoms with Crippen molar-refractivity contribution in [2.24, 2.45) is 5.92 Å². The summed E-state index contributed by atoms with van der Waals surface area (Å²) in [5.74, 6) is 0.922. The average Bonchev–Trinajstić information content (AvgIpc) is 2.39. The second kappa shape index (κ2) is 5.90. The van der Waals surface area contributed by atoms with Gasteiger partial charge in [-0.25, -0.2) is 0 Å². The van der Waals surface area contributed by atoms with Crippen molar-refractivity contribution in [3.8, 4) is 0 Å². The van der Waals surface area contributed by atoms with E-state index < -0.39 is 0 Å². The van der Waals surface area contributed by atoms with E-state index in [1.807, 2.05) is 0 Å². The monoisotopic (exact) mass is 295 g/mol. The van der Waals surface area contributed by atoms with Crippen LogP contribution in [0.15, 0.2) is 24.3 Å². The molecule has 0 bridgehead atoms. The van der Waals surface area contributed by atoms with Crippen molar-refractivity contribution < 1.29 is 0 Å². The van der Waals surface area contributed by atoms with E-state index in [2.05, 4.69) is 59.1 Å². The maximum atomic E-state index is 3.58. The van der Waals surface area contributed by atoms with Gasteiger partial charge >= 0.3 is 0 Å². The highest BCUT2D eigenvalue weighted by Gasteiger charge is 2.22. The number of rotatable bonds is 3. The van der Waals surface area contributed by atoms with E-state index >= 15 is 0 Å². The van der Waals surface area contributed by atoms with Crippen molar-refractivity contribution in [2.45, 2.75) is 44.0 Å². The molecule has 1 nitrogen and oxygen atoms in total. The van der Waals surface area contributed by atoms with E-state index in [0.29, 0.717) is 0 Å².